The number of rotatable bonds is 4. The van der Waals surface area contributed by atoms with E-state index >= 15 is 0 Å². The maximum atomic E-state index is 15.0. The molecule has 4 rings (SSSR count). The molecule has 1 aromatic carbocycles. The minimum absolute atomic E-state index is 0.00761. The number of imidazole rings is 1. The highest BCUT2D eigenvalue weighted by Gasteiger charge is 2.32. The minimum Gasteiger partial charge on any atom is -0.335 e. The Kier molecular flexibility index (Phi) is 4.18. The van der Waals surface area contributed by atoms with Crippen molar-refractivity contribution >= 4 is 5.65 Å². The average molecular weight is 368 g/mol. The highest BCUT2D eigenvalue weighted by Crippen LogP contribution is 2.34. The molecule has 0 radical (unpaired) electrons. The molecule has 138 valence electrons. The van der Waals surface area contributed by atoms with Crippen molar-refractivity contribution in [2.24, 2.45) is 7.05 Å². The molecule has 27 heavy (non-hydrogen) atoms. The largest absolute Gasteiger partial charge is 0.335 e. The number of benzene rings is 1. The van der Waals surface area contributed by atoms with Gasteiger partial charge in [-0.3, -0.25) is 4.98 Å². The third-order valence-corrected chi connectivity index (χ3v) is 4.46. The monoisotopic (exact) mass is 368 g/mol. The summed E-state index contributed by atoms with van der Waals surface area (Å²) in [6, 6.07) is 9.36. The van der Waals surface area contributed by atoms with E-state index in [1.165, 1.54) is 9.08 Å². The van der Waals surface area contributed by atoms with Gasteiger partial charge in [-0.2, -0.15) is 0 Å². The lowest BCUT2D eigenvalue weighted by Gasteiger charge is -2.10. The lowest BCUT2D eigenvalue weighted by molar-refractivity contribution is 0.151. The molecular formula is C19H18F2N6. The Morgan fingerprint density at radius 1 is 1.00 bits per heavy atom. The van der Waals surface area contributed by atoms with Crippen LogP contribution < -0.4 is 0 Å². The fourth-order valence-electron chi connectivity index (χ4n) is 2.97. The van der Waals surface area contributed by atoms with E-state index < -0.39 is 12.3 Å². The lowest BCUT2D eigenvalue weighted by Crippen LogP contribution is -2.09. The molecule has 0 amide bonds. The van der Waals surface area contributed by atoms with Crippen LogP contribution in [-0.4, -0.2) is 29.1 Å². The Balaban J connectivity index is 1.69. The molecular weight excluding hydrogens is 350 g/mol. The van der Waals surface area contributed by atoms with Gasteiger partial charge in [-0.1, -0.05) is 30.3 Å². The van der Waals surface area contributed by atoms with Gasteiger partial charge in [0.05, 0.1) is 17.1 Å². The summed E-state index contributed by atoms with van der Waals surface area (Å²) in [4.78, 5) is 12.6. The molecule has 0 bridgehead atoms. The Bertz CT molecular complexity index is 1060. The van der Waals surface area contributed by atoms with E-state index in [4.69, 9.17) is 0 Å². The van der Waals surface area contributed by atoms with Crippen molar-refractivity contribution in [3.05, 3.63) is 65.8 Å². The molecule has 8 heteroatoms. The number of aryl methyl sites for hydroxylation is 3. The predicted molar refractivity (Wildman–Crippen MR) is 96.6 cm³/mol. The fraction of sp³-hybridized carbons (Fsp3) is 0.263. The summed E-state index contributed by atoms with van der Waals surface area (Å²) < 4.78 is 32.9. The molecule has 0 aliphatic heterocycles. The summed E-state index contributed by atoms with van der Waals surface area (Å²) in [5.41, 5.74) is 3.14. The highest BCUT2D eigenvalue weighted by atomic mass is 19.2. The first-order chi connectivity index (χ1) is 13.0. The minimum atomic E-state index is -2.03. The average Bonchev–Trinajstić information content (AvgIpc) is 3.29. The summed E-state index contributed by atoms with van der Waals surface area (Å²) in [5.74, 6) is -0.224. The van der Waals surface area contributed by atoms with Crippen LogP contribution in [-0.2, 0) is 7.05 Å². The molecule has 0 fully saturated rings. The molecule has 0 aliphatic carbocycles. The van der Waals surface area contributed by atoms with Crippen LogP contribution in [0.4, 0.5) is 8.78 Å². The van der Waals surface area contributed by atoms with E-state index in [1.807, 2.05) is 30.3 Å². The molecule has 0 unspecified atom stereocenters. The topological polar surface area (TPSA) is 60.9 Å². The predicted octanol–water partition coefficient (Wildman–Crippen LogP) is 3.86. The zero-order chi connectivity index (χ0) is 19.1. The number of alkyl halides is 2. The molecule has 3 heterocycles. The second-order valence-electron chi connectivity index (χ2n) is 6.46. The number of hydrogen-bond acceptors (Lipinski definition) is 4. The molecule has 0 saturated heterocycles. The number of aromatic nitrogens is 6. The van der Waals surface area contributed by atoms with Gasteiger partial charge in [-0.05, 0) is 13.8 Å². The second kappa shape index (κ2) is 6.53. The van der Waals surface area contributed by atoms with E-state index in [9.17, 15) is 8.78 Å². The number of nitrogens with zero attached hydrogens (tertiary/aromatic N) is 6. The van der Waals surface area contributed by atoms with Gasteiger partial charge < -0.3 is 4.57 Å². The Morgan fingerprint density at radius 3 is 2.44 bits per heavy atom. The maximum Gasteiger partial charge on any atom is 0.199 e. The molecule has 2 atom stereocenters. The van der Waals surface area contributed by atoms with Crippen LogP contribution in [0.25, 0.3) is 16.9 Å². The number of hydrogen-bond donors (Lipinski definition) is 0. The van der Waals surface area contributed by atoms with Gasteiger partial charge in [0.1, 0.15) is 5.82 Å². The quantitative estimate of drug-likeness (QED) is 0.549. The standard InChI is InChI=1S/C19H18F2N6/c1-11-9-22-12(2)18-24-17(25-27(11)18)15(20)16(21)19-23-14(10-26(19)3)13-7-5-4-6-8-13/h4-10,15-16H,1-3H3/t15-,16-/m1/s1. The smallest absolute Gasteiger partial charge is 0.199 e. The van der Waals surface area contributed by atoms with Crippen LogP contribution in [0, 0.1) is 13.8 Å². The van der Waals surface area contributed by atoms with Crippen molar-refractivity contribution in [3.8, 4) is 11.3 Å². The van der Waals surface area contributed by atoms with Gasteiger partial charge in [0.15, 0.2) is 23.8 Å². The zero-order valence-electron chi connectivity index (χ0n) is 15.1. The van der Waals surface area contributed by atoms with Crippen LogP contribution in [0.1, 0.15) is 35.4 Å². The molecule has 0 spiro atoms. The molecule has 0 aliphatic rings. The van der Waals surface area contributed by atoms with E-state index in [2.05, 4.69) is 20.1 Å². The van der Waals surface area contributed by atoms with Crippen molar-refractivity contribution in [1.82, 2.24) is 29.1 Å². The number of halogens is 2. The maximum absolute atomic E-state index is 15.0. The fourth-order valence-corrected chi connectivity index (χ4v) is 2.97. The third kappa shape index (κ3) is 2.97. The van der Waals surface area contributed by atoms with Crippen LogP contribution >= 0.6 is 0 Å². The first-order valence-corrected chi connectivity index (χ1v) is 8.51. The first-order valence-electron chi connectivity index (χ1n) is 8.51. The van der Waals surface area contributed by atoms with E-state index in [0.29, 0.717) is 22.7 Å². The van der Waals surface area contributed by atoms with Gasteiger partial charge >= 0.3 is 0 Å². The van der Waals surface area contributed by atoms with Crippen LogP contribution in [0.2, 0.25) is 0 Å². The normalized spacial score (nSPS) is 13.8. The van der Waals surface area contributed by atoms with E-state index in [0.717, 1.165) is 5.56 Å². The van der Waals surface area contributed by atoms with E-state index in [-0.39, 0.29) is 11.6 Å². The summed E-state index contributed by atoms with van der Waals surface area (Å²) in [6.07, 6.45) is -0.725. The molecule has 3 aromatic heterocycles. The Morgan fingerprint density at radius 2 is 1.74 bits per heavy atom. The molecule has 0 N–H and O–H groups in total. The van der Waals surface area contributed by atoms with Crippen molar-refractivity contribution in [2.75, 3.05) is 0 Å². The van der Waals surface area contributed by atoms with Gasteiger partial charge in [0.25, 0.3) is 0 Å². The summed E-state index contributed by atoms with van der Waals surface area (Å²) in [5, 5.41) is 4.13. The zero-order valence-corrected chi connectivity index (χ0v) is 15.1. The summed E-state index contributed by atoms with van der Waals surface area (Å²) in [7, 11) is 1.64. The molecule has 0 saturated carbocycles. The van der Waals surface area contributed by atoms with Gasteiger partial charge in [-0.25, -0.2) is 23.3 Å². The van der Waals surface area contributed by atoms with Gasteiger partial charge in [0.2, 0.25) is 0 Å². The van der Waals surface area contributed by atoms with Gasteiger partial charge in [0, 0.05) is 25.0 Å². The SMILES string of the molecule is Cc1ncc(C)n2nc([C@H](F)[C@@H](F)c3nc(-c4ccccc4)cn3C)nc12. The molecule has 6 nitrogen and oxygen atoms in total. The van der Waals surface area contributed by atoms with Gasteiger partial charge in [-0.15, -0.1) is 5.10 Å². The van der Waals surface area contributed by atoms with Crippen LogP contribution in [0.3, 0.4) is 0 Å². The first kappa shape index (κ1) is 17.3. The van der Waals surface area contributed by atoms with Crippen molar-refractivity contribution in [3.63, 3.8) is 0 Å². The molecule has 4 aromatic rings. The summed E-state index contributed by atoms with van der Waals surface area (Å²) in [6.45, 7) is 3.53. The van der Waals surface area contributed by atoms with Crippen LogP contribution in [0.5, 0.6) is 0 Å². The second-order valence-corrected chi connectivity index (χ2v) is 6.46. The van der Waals surface area contributed by atoms with Crippen molar-refractivity contribution < 1.29 is 8.78 Å². The number of fused-ring (bicyclic) bond motifs is 1. The third-order valence-electron chi connectivity index (χ3n) is 4.46. The Hall–Kier alpha value is -3.16. The lowest BCUT2D eigenvalue weighted by atomic mass is 10.2. The summed E-state index contributed by atoms with van der Waals surface area (Å²) >= 11 is 0. The van der Waals surface area contributed by atoms with E-state index in [1.54, 1.807) is 33.3 Å². The Labute approximate surface area is 154 Å². The van der Waals surface area contributed by atoms with Crippen molar-refractivity contribution in [1.29, 1.82) is 0 Å². The van der Waals surface area contributed by atoms with Crippen LogP contribution in [0.15, 0.2) is 42.7 Å². The highest BCUT2D eigenvalue weighted by molar-refractivity contribution is 5.58. The van der Waals surface area contributed by atoms with Crippen molar-refractivity contribution in [2.45, 2.75) is 26.2 Å².